The largest absolute Gasteiger partial charge is 0.417 e. The molecule has 3 rings (SSSR count). The first-order valence-corrected chi connectivity index (χ1v) is 7.72. The summed E-state index contributed by atoms with van der Waals surface area (Å²) in [6, 6.07) is 8.65. The molecule has 0 radical (unpaired) electrons. The highest BCUT2D eigenvalue weighted by atomic mass is 19.4. The fourth-order valence-electron chi connectivity index (χ4n) is 2.62. The van der Waals surface area contributed by atoms with Crippen LogP contribution in [0.15, 0.2) is 47.7 Å². The molecule has 2 heterocycles. The van der Waals surface area contributed by atoms with Crippen molar-refractivity contribution in [2.45, 2.75) is 20.0 Å². The molecule has 1 N–H and O–H groups in total. The number of hydrazone groups is 1. The maximum absolute atomic E-state index is 13.0. The molecule has 5 nitrogen and oxygen atoms in total. The number of imidazole rings is 1. The van der Waals surface area contributed by atoms with Gasteiger partial charge >= 0.3 is 6.18 Å². The number of aromatic nitrogens is 2. The average Bonchev–Trinajstić information content (AvgIpc) is 2.89. The predicted octanol–water partition coefficient (Wildman–Crippen LogP) is 3.73. The van der Waals surface area contributed by atoms with E-state index in [9.17, 15) is 18.0 Å². The maximum atomic E-state index is 13.0. The zero-order valence-corrected chi connectivity index (χ0v) is 14.0. The van der Waals surface area contributed by atoms with Crippen LogP contribution in [-0.2, 0) is 6.18 Å². The number of aryl methyl sites for hydroxylation is 2. The van der Waals surface area contributed by atoms with Crippen LogP contribution in [0, 0.1) is 13.8 Å². The molecule has 1 aromatic carbocycles. The van der Waals surface area contributed by atoms with Crippen molar-refractivity contribution in [1.82, 2.24) is 14.8 Å². The van der Waals surface area contributed by atoms with Crippen molar-refractivity contribution in [2.75, 3.05) is 0 Å². The van der Waals surface area contributed by atoms with Gasteiger partial charge in [-0.1, -0.05) is 18.2 Å². The number of nitrogens with zero attached hydrogens (tertiary/aromatic N) is 3. The Morgan fingerprint density at radius 1 is 1.23 bits per heavy atom. The normalized spacial score (nSPS) is 12.0. The molecule has 0 spiro atoms. The molecule has 0 bridgehead atoms. The minimum absolute atomic E-state index is 0.134. The number of fused-ring (bicyclic) bond motifs is 1. The Morgan fingerprint density at radius 2 is 1.96 bits per heavy atom. The Bertz CT molecular complexity index is 1010. The van der Waals surface area contributed by atoms with Crippen molar-refractivity contribution in [3.8, 4) is 0 Å². The van der Waals surface area contributed by atoms with E-state index in [1.165, 1.54) is 18.2 Å². The van der Waals surface area contributed by atoms with Crippen molar-refractivity contribution in [1.29, 1.82) is 0 Å². The second-order valence-corrected chi connectivity index (χ2v) is 5.76. The minimum atomic E-state index is -4.50. The number of halogens is 3. The Kier molecular flexibility index (Phi) is 4.50. The number of amides is 1. The number of carbonyl (C=O) groups excluding carboxylic acids is 1. The molecular weight excluding hydrogens is 345 g/mol. The molecular formula is C18H15F3N4O. The van der Waals surface area contributed by atoms with Gasteiger partial charge in [0.25, 0.3) is 5.91 Å². The zero-order chi connectivity index (χ0) is 18.9. The van der Waals surface area contributed by atoms with Gasteiger partial charge in [0.2, 0.25) is 0 Å². The monoisotopic (exact) mass is 360 g/mol. The van der Waals surface area contributed by atoms with Crippen LogP contribution in [0.25, 0.3) is 5.65 Å². The molecule has 8 heteroatoms. The number of carbonyl (C=O) groups is 1. The van der Waals surface area contributed by atoms with E-state index in [4.69, 9.17) is 0 Å². The Morgan fingerprint density at radius 3 is 2.69 bits per heavy atom. The van der Waals surface area contributed by atoms with Gasteiger partial charge in [-0.05, 0) is 37.6 Å². The molecule has 26 heavy (non-hydrogen) atoms. The van der Waals surface area contributed by atoms with E-state index in [2.05, 4.69) is 15.5 Å². The molecule has 0 aliphatic rings. The highest BCUT2D eigenvalue weighted by molar-refractivity contribution is 5.95. The van der Waals surface area contributed by atoms with Gasteiger partial charge in [0.15, 0.2) is 0 Å². The molecule has 0 fully saturated rings. The fraction of sp³-hybridized carbons (Fsp3) is 0.167. The summed E-state index contributed by atoms with van der Waals surface area (Å²) in [5.41, 5.74) is 3.69. The summed E-state index contributed by atoms with van der Waals surface area (Å²) in [5, 5.41) is 3.67. The number of nitrogens with one attached hydrogen (secondary N) is 1. The third-order valence-corrected chi connectivity index (χ3v) is 3.81. The molecule has 0 saturated carbocycles. The van der Waals surface area contributed by atoms with Crippen LogP contribution in [0.2, 0.25) is 0 Å². The maximum Gasteiger partial charge on any atom is 0.417 e. The van der Waals surface area contributed by atoms with Gasteiger partial charge < -0.3 is 0 Å². The first kappa shape index (κ1) is 17.7. The molecule has 0 aliphatic heterocycles. The summed E-state index contributed by atoms with van der Waals surface area (Å²) in [6.07, 6.45) is -1.81. The quantitative estimate of drug-likeness (QED) is 0.571. The smallest absolute Gasteiger partial charge is 0.295 e. The number of hydrogen-bond acceptors (Lipinski definition) is 3. The topological polar surface area (TPSA) is 58.8 Å². The minimum Gasteiger partial charge on any atom is -0.295 e. The van der Waals surface area contributed by atoms with Crippen LogP contribution in [0.3, 0.4) is 0 Å². The van der Waals surface area contributed by atoms with Crippen molar-refractivity contribution < 1.29 is 18.0 Å². The molecule has 0 saturated heterocycles. The second-order valence-electron chi connectivity index (χ2n) is 5.76. The molecule has 1 amide bonds. The molecule has 0 unspecified atom stereocenters. The van der Waals surface area contributed by atoms with Gasteiger partial charge in [0.1, 0.15) is 11.3 Å². The molecule has 0 aliphatic carbocycles. The Labute approximate surface area is 147 Å². The number of rotatable bonds is 3. The highest BCUT2D eigenvalue weighted by Gasteiger charge is 2.32. The van der Waals surface area contributed by atoms with Crippen LogP contribution in [0.1, 0.15) is 32.9 Å². The van der Waals surface area contributed by atoms with E-state index in [1.54, 1.807) is 17.5 Å². The van der Waals surface area contributed by atoms with Gasteiger partial charge in [0.05, 0.1) is 17.5 Å². The third kappa shape index (κ3) is 3.44. The number of pyridine rings is 1. The standard InChI is InChI=1S/C18H15F3N4O/c1-11-7-8-25-15(9-11)23-12(2)16(25)17(26)24-22-10-13-5-3-4-6-14(13)18(19,20)21/h3-10H,1-2H3,(H,24,26). The van der Waals surface area contributed by atoms with Gasteiger partial charge in [-0.2, -0.15) is 18.3 Å². The lowest BCUT2D eigenvalue weighted by Crippen LogP contribution is -2.21. The Balaban J connectivity index is 1.85. The van der Waals surface area contributed by atoms with Gasteiger partial charge in [-0.15, -0.1) is 0 Å². The van der Waals surface area contributed by atoms with Gasteiger partial charge in [-0.3, -0.25) is 9.20 Å². The summed E-state index contributed by atoms with van der Waals surface area (Å²) in [7, 11) is 0. The Hall–Kier alpha value is -3.16. The number of alkyl halides is 3. The summed E-state index contributed by atoms with van der Waals surface area (Å²) in [6.45, 7) is 3.59. The number of benzene rings is 1. The van der Waals surface area contributed by atoms with E-state index in [0.717, 1.165) is 17.8 Å². The summed E-state index contributed by atoms with van der Waals surface area (Å²) in [5.74, 6) is -0.556. The third-order valence-electron chi connectivity index (χ3n) is 3.81. The average molecular weight is 360 g/mol. The lowest BCUT2D eigenvalue weighted by Gasteiger charge is -2.09. The van der Waals surface area contributed by atoms with E-state index in [-0.39, 0.29) is 11.3 Å². The van der Waals surface area contributed by atoms with Crippen LogP contribution in [0.5, 0.6) is 0 Å². The summed E-state index contributed by atoms with van der Waals surface area (Å²) in [4.78, 5) is 16.7. The first-order chi connectivity index (χ1) is 12.3. The predicted molar refractivity (Wildman–Crippen MR) is 91.2 cm³/mol. The molecule has 134 valence electrons. The van der Waals surface area contributed by atoms with Crippen LogP contribution in [0.4, 0.5) is 13.2 Å². The van der Waals surface area contributed by atoms with E-state index in [0.29, 0.717) is 11.3 Å². The molecule has 2 aromatic heterocycles. The van der Waals surface area contributed by atoms with Crippen molar-refractivity contribution in [2.24, 2.45) is 5.10 Å². The van der Waals surface area contributed by atoms with E-state index >= 15 is 0 Å². The number of hydrogen-bond donors (Lipinski definition) is 1. The second kappa shape index (κ2) is 6.62. The lowest BCUT2D eigenvalue weighted by molar-refractivity contribution is -0.137. The summed E-state index contributed by atoms with van der Waals surface area (Å²) < 4.78 is 40.5. The van der Waals surface area contributed by atoms with Crippen LogP contribution >= 0.6 is 0 Å². The van der Waals surface area contributed by atoms with Crippen molar-refractivity contribution in [3.05, 3.63) is 70.7 Å². The van der Waals surface area contributed by atoms with Crippen LogP contribution < -0.4 is 5.43 Å². The van der Waals surface area contributed by atoms with Gasteiger partial charge in [-0.25, -0.2) is 10.4 Å². The lowest BCUT2D eigenvalue weighted by atomic mass is 10.1. The molecule has 3 aromatic rings. The fourth-order valence-corrected chi connectivity index (χ4v) is 2.62. The SMILES string of the molecule is Cc1ccn2c(C(=O)NN=Cc3ccccc3C(F)(F)F)c(C)nc2c1. The highest BCUT2D eigenvalue weighted by Crippen LogP contribution is 2.31. The van der Waals surface area contributed by atoms with E-state index < -0.39 is 17.6 Å². The van der Waals surface area contributed by atoms with Crippen LogP contribution in [-0.4, -0.2) is 21.5 Å². The zero-order valence-electron chi connectivity index (χ0n) is 14.0. The molecule has 0 atom stereocenters. The van der Waals surface area contributed by atoms with E-state index in [1.807, 2.05) is 19.1 Å². The summed E-state index contributed by atoms with van der Waals surface area (Å²) >= 11 is 0. The van der Waals surface area contributed by atoms with Gasteiger partial charge in [0, 0.05) is 11.8 Å². The van der Waals surface area contributed by atoms with Crippen molar-refractivity contribution >= 4 is 17.8 Å². The first-order valence-electron chi connectivity index (χ1n) is 7.72. The van der Waals surface area contributed by atoms with Crippen molar-refractivity contribution in [3.63, 3.8) is 0 Å².